The molecule has 0 aliphatic carbocycles. The third kappa shape index (κ3) is 3.77. The summed E-state index contributed by atoms with van der Waals surface area (Å²) >= 11 is 1.65. The lowest BCUT2D eigenvalue weighted by Gasteiger charge is -2.35. The summed E-state index contributed by atoms with van der Waals surface area (Å²) in [6.45, 7) is 7.71. The Morgan fingerprint density at radius 1 is 1.46 bits per heavy atom. The van der Waals surface area contributed by atoms with Crippen molar-refractivity contribution in [3.8, 4) is 0 Å². The Bertz CT molecular complexity index is 673. The van der Waals surface area contributed by atoms with Gasteiger partial charge in [0.05, 0.1) is 29.5 Å². The molecule has 0 spiro atoms. The van der Waals surface area contributed by atoms with Crippen molar-refractivity contribution >= 4 is 17.4 Å². The van der Waals surface area contributed by atoms with E-state index >= 15 is 0 Å². The molecule has 3 rings (SSSR count). The minimum Gasteiger partial charge on any atom is -0.332 e. The van der Waals surface area contributed by atoms with E-state index in [9.17, 15) is 4.79 Å². The number of carbonyl (C=O) groups is 1. The molecule has 6 nitrogen and oxygen atoms in total. The molecule has 2 aromatic heterocycles. The van der Waals surface area contributed by atoms with E-state index in [1.165, 1.54) is 0 Å². The van der Waals surface area contributed by atoms with Gasteiger partial charge in [-0.05, 0) is 19.3 Å². The van der Waals surface area contributed by atoms with Gasteiger partial charge in [0.2, 0.25) is 0 Å². The summed E-state index contributed by atoms with van der Waals surface area (Å²) in [4.78, 5) is 19.2. The first-order valence-electron chi connectivity index (χ1n) is 8.43. The fourth-order valence-electron chi connectivity index (χ4n) is 2.96. The molecule has 1 aliphatic heterocycles. The fourth-order valence-corrected chi connectivity index (χ4v) is 3.87. The largest absolute Gasteiger partial charge is 0.332 e. The zero-order valence-electron chi connectivity index (χ0n) is 14.5. The van der Waals surface area contributed by atoms with Gasteiger partial charge in [0.15, 0.2) is 0 Å². The number of hydrogen-bond acceptors (Lipinski definition) is 4. The quantitative estimate of drug-likeness (QED) is 0.891. The lowest BCUT2D eigenvalue weighted by molar-refractivity contribution is 0.151. The summed E-state index contributed by atoms with van der Waals surface area (Å²) in [5.41, 5.74) is 2.05. The third-order valence-corrected chi connectivity index (χ3v) is 5.60. The van der Waals surface area contributed by atoms with Gasteiger partial charge < -0.3 is 10.2 Å². The van der Waals surface area contributed by atoms with E-state index in [1.54, 1.807) is 11.3 Å². The molecule has 1 saturated heterocycles. The molecular weight excluding hydrogens is 322 g/mol. The van der Waals surface area contributed by atoms with E-state index < -0.39 is 0 Å². The Morgan fingerprint density at radius 2 is 2.29 bits per heavy atom. The Hall–Kier alpha value is -1.89. The van der Waals surface area contributed by atoms with E-state index in [0.29, 0.717) is 6.54 Å². The first-order chi connectivity index (χ1) is 11.4. The molecule has 2 N–H and O–H groups in total. The van der Waals surface area contributed by atoms with Gasteiger partial charge in [-0.1, -0.05) is 20.8 Å². The van der Waals surface area contributed by atoms with Gasteiger partial charge >= 0.3 is 6.03 Å². The molecule has 2 aromatic rings. The van der Waals surface area contributed by atoms with Crippen LogP contribution in [0.4, 0.5) is 4.79 Å². The van der Waals surface area contributed by atoms with E-state index in [2.05, 4.69) is 41.3 Å². The van der Waals surface area contributed by atoms with Crippen molar-refractivity contribution in [1.29, 1.82) is 0 Å². The number of aromatic nitrogens is 3. The van der Waals surface area contributed by atoms with Crippen molar-refractivity contribution in [3.05, 3.63) is 34.0 Å². The van der Waals surface area contributed by atoms with Crippen molar-refractivity contribution in [2.45, 2.75) is 58.0 Å². The maximum atomic E-state index is 12.6. The van der Waals surface area contributed by atoms with E-state index in [4.69, 9.17) is 0 Å². The van der Waals surface area contributed by atoms with Crippen molar-refractivity contribution in [3.63, 3.8) is 0 Å². The molecular formula is C17H25N5OS. The topological polar surface area (TPSA) is 73.9 Å². The number of H-pyrrole nitrogens is 1. The smallest absolute Gasteiger partial charge is 0.318 e. The average molecular weight is 347 g/mol. The summed E-state index contributed by atoms with van der Waals surface area (Å²) < 4.78 is 0. The second-order valence-corrected chi connectivity index (χ2v) is 8.15. The molecule has 130 valence electrons. The number of amides is 2. The van der Waals surface area contributed by atoms with Crippen LogP contribution in [-0.4, -0.2) is 32.7 Å². The molecule has 0 aromatic carbocycles. The lowest BCUT2D eigenvalue weighted by Crippen LogP contribution is -2.44. The van der Waals surface area contributed by atoms with Crippen molar-refractivity contribution in [1.82, 2.24) is 25.4 Å². The van der Waals surface area contributed by atoms with Crippen LogP contribution in [0.15, 0.2) is 17.8 Å². The Labute approximate surface area is 146 Å². The number of piperidine rings is 1. The predicted molar refractivity (Wildman–Crippen MR) is 94.9 cm³/mol. The molecule has 7 heteroatoms. The van der Waals surface area contributed by atoms with Crippen LogP contribution in [-0.2, 0) is 12.0 Å². The molecule has 1 atom stereocenters. The molecule has 0 radical (unpaired) electrons. The first kappa shape index (κ1) is 17.0. The number of hydrogen-bond donors (Lipinski definition) is 2. The Morgan fingerprint density at radius 3 is 2.96 bits per heavy atom. The van der Waals surface area contributed by atoms with Crippen molar-refractivity contribution in [2.24, 2.45) is 0 Å². The SMILES string of the molecule is CC(C)(C)c1nc(CNC(=O)N2CCCC[C@H]2c2cn[nH]c2)cs1. The maximum absolute atomic E-state index is 12.6. The molecule has 1 fully saturated rings. The minimum absolute atomic E-state index is 0.0220. The number of urea groups is 1. The van der Waals surface area contributed by atoms with Gasteiger partial charge in [0.1, 0.15) is 0 Å². The van der Waals surface area contributed by atoms with Crippen LogP contribution >= 0.6 is 11.3 Å². The highest BCUT2D eigenvalue weighted by molar-refractivity contribution is 7.09. The number of rotatable bonds is 3. The molecule has 1 aliphatic rings. The van der Waals surface area contributed by atoms with Crippen LogP contribution in [0.25, 0.3) is 0 Å². The summed E-state index contributed by atoms with van der Waals surface area (Å²) in [7, 11) is 0. The van der Waals surface area contributed by atoms with Crippen LogP contribution in [0, 0.1) is 0 Å². The van der Waals surface area contributed by atoms with Crippen LogP contribution in [0.5, 0.6) is 0 Å². The molecule has 24 heavy (non-hydrogen) atoms. The molecule has 0 unspecified atom stereocenters. The fraction of sp³-hybridized carbons (Fsp3) is 0.588. The van der Waals surface area contributed by atoms with Gasteiger partial charge in [-0.3, -0.25) is 5.10 Å². The van der Waals surface area contributed by atoms with Gasteiger partial charge in [0.25, 0.3) is 0 Å². The summed E-state index contributed by atoms with van der Waals surface area (Å²) in [6.07, 6.45) is 6.86. The van der Waals surface area contributed by atoms with Crippen LogP contribution in [0.2, 0.25) is 0 Å². The average Bonchev–Trinajstić information content (AvgIpc) is 3.23. The minimum atomic E-state index is -0.0220. The molecule has 0 saturated carbocycles. The number of nitrogens with one attached hydrogen (secondary N) is 2. The highest BCUT2D eigenvalue weighted by Crippen LogP contribution is 2.30. The number of nitrogens with zero attached hydrogens (tertiary/aromatic N) is 3. The first-order valence-corrected chi connectivity index (χ1v) is 9.31. The zero-order chi connectivity index (χ0) is 17.2. The Balaban J connectivity index is 1.62. The van der Waals surface area contributed by atoms with Crippen molar-refractivity contribution in [2.75, 3.05) is 6.54 Å². The summed E-state index contributed by atoms with van der Waals surface area (Å²) in [6, 6.07) is 0.0873. The van der Waals surface area contributed by atoms with Crippen LogP contribution in [0.1, 0.15) is 62.3 Å². The lowest BCUT2D eigenvalue weighted by atomic mass is 9.98. The number of aromatic amines is 1. The standard InChI is InChI=1S/C17H25N5OS/c1-17(2,3)15-21-13(11-24-15)10-18-16(23)22-7-5-4-6-14(22)12-8-19-20-9-12/h8-9,11,14H,4-7,10H2,1-3H3,(H,18,23)(H,19,20)/t14-/m0/s1. The number of likely N-dealkylation sites (tertiary alicyclic amines) is 1. The zero-order valence-corrected chi connectivity index (χ0v) is 15.3. The van der Waals surface area contributed by atoms with Gasteiger partial charge in [-0.25, -0.2) is 9.78 Å². The molecule has 3 heterocycles. The van der Waals surface area contributed by atoms with E-state index in [1.807, 2.05) is 22.7 Å². The second kappa shape index (κ2) is 6.93. The summed E-state index contributed by atoms with van der Waals surface area (Å²) in [5, 5.41) is 13.0. The maximum Gasteiger partial charge on any atom is 0.318 e. The van der Waals surface area contributed by atoms with Gasteiger partial charge in [-0.15, -0.1) is 11.3 Å². The highest BCUT2D eigenvalue weighted by Gasteiger charge is 2.28. The molecule has 0 bridgehead atoms. The molecule has 2 amide bonds. The predicted octanol–water partition coefficient (Wildman–Crippen LogP) is 3.60. The number of thiazole rings is 1. The highest BCUT2D eigenvalue weighted by atomic mass is 32.1. The van der Waals surface area contributed by atoms with Gasteiger partial charge in [-0.2, -0.15) is 5.10 Å². The third-order valence-electron chi connectivity index (χ3n) is 4.28. The monoisotopic (exact) mass is 347 g/mol. The van der Waals surface area contributed by atoms with E-state index in [-0.39, 0.29) is 17.5 Å². The summed E-state index contributed by atoms with van der Waals surface area (Å²) in [5.74, 6) is 0. The Kier molecular flexibility index (Phi) is 4.89. The second-order valence-electron chi connectivity index (χ2n) is 7.29. The van der Waals surface area contributed by atoms with Crippen molar-refractivity contribution < 1.29 is 4.79 Å². The van der Waals surface area contributed by atoms with Crippen LogP contribution < -0.4 is 5.32 Å². The van der Waals surface area contributed by atoms with Gasteiger partial charge in [0, 0.05) is 29.1 Å². The van der Waals surface area contributed by atoms with Crippen LogP contribution in [0.3, 0.4) is 0 Å². The van der Waals surface area contributed by atoms with E-state index in [0.717, 1.165) is 42.1 Å². The normalized spacial score (nSPS) is 18.6. The number of carbonyl (C=O) groups excluding carboxylic acids is 1.